The summed E-state index contributed by atoms with van der Waals surface area (Å²) in [6.45, 7) is 7.13. The number of nitrogens with one attached hydrogen (secondary N) is 2. The minimum atomic E-state index is 0.429. The molecule has 1 aromatic carbocycles. The van der Waals surface area contributed by atoms with Crippen LogP contribution in [0.4, 0.5) is 0 Å². The third-order valence-corrected chi connectivity index (χ3v) is 2.83. The van der Waals surface area contributed by atoms with Crippen LogP contribution < -0.4 is 10.6 Å². The number of aryl methyl sites for hydroxylation is 1. The zero-order chi connectivity index (χ0) is 12.0. The van der Waals surface area contributed by atoms with Crippen LogP contribution in [-0.2, 0) is 6.54 Å². The van der Waals surface area contributed by atoms with Crippen LogP contribution in [0.15, 0.2) is 24.3 Å². The standard InChI is InChI=1S/C13H20N2S/c1-4-11(3)15-13(16)14-9-12-7-5-10(2)6-8-12/h5-8,11H,4,9H2,1-3H3,(H2,14,15,16). The Labute approximate surface area is 103 Å². The average Bonchev–Trinajstić information content (AvgIpc) is 2.28. The van der Waals surface area contributed by atoms with Crippen molar-refractivity contribution < 1.29 is 0 Å². The Morgan fingerprint density at radius 2 is 1.94 bits per heavy atom. The van der Waals surface area contributed by atoms with Gasteiger partial charge in [-0.3, -0.25) is 0 Å². The van der Waals surface area contributed by atoms with Crippen LogP contribution in [0.3, 0.4) is 0 Å². The molecule has 0 heterocycles. The highest BCUT2D eigenvalue weighted by Gasteiger charge is 2.00. The highest BCUT2D eigenvalue weighted by atomic mass is 32.1. The Bertz CT molecular complexity index is 332. The summed E-state index contributed by atoms with van der Waals surface area (Å²) in [5.41, 5.74) is 2.53. The zero-order valence-corrected chi connectivity index (χ0v) is 11.0. The third kappa shape index (κ3) is 4.62. The summed E-state index contributed by atoms with van der Waals surface area (Å²) >= 11 is 5.20. The molecule has 1 unspecified atom stereocenters. The van der Waals surface area contributed by atoms with E-state index in [4.69, 9.17) is 12.2 Å². The van der Waals surface area contributed by atoms with E-state index >= 15 is 0 Å². The Kier molecular flexibility index (Phi) is 5.26. The molecule has 1 aromatic rings. The van der Waals surface area contributed by atoms with Gasteiger partial charge >= 0.3 is 0 Å². The first-order valence-corrected chi connectivity index (χ1v) is 6.12. The lowest BCUT2D eigenvalue weighted by atomic mass is 10.1. The van der Waals surface area contributed by atoms with Gasteiger partial charge in [0, 0.05) is 12.6 Å². The maximum absolute atomic E-state index is 5.20. The lowest BCUT2D eigenvalue weighted by molar-refractivity contribution is 0.632. The van der Waals surface area contributed by atoms with Gasteiger partial charge in [0.2, 0.25) is 0 Å². The topological polar surface area (TPSA) is 24.1 Å². The van der Waals surface area contributed by atoms with E-state index in [1.807, 2.05) is 0 Å². The molecule has 0 saturated heterocycles. The second-order valence-corrected chi connectivity index (χ2v) is 4.53. The third-order valence-electron chi connectivity index (χ3n) is 2.56. The monoisotopic (exact) mass is 236 g/mol. The first-order chi connectivity index (χ1) is 7.61. The molecule has 2 N–H and O–H groups in total. The Balaban J connectivity index is 2.34. The predicted octanol–water partition coefficient (Wildman–Crippen LogP) is 2.76. The predicted molar refractivity (Wildman–Crippen MR) is 73.5 cm³/mol. The van der Waals surface area contributed by atoms with Crippen molar-refractivity contribution in [1.29, 1.82) is 0 Å². The second kappa shape index (κ2) is 6.48. The largest absolute Gasteiger partial charge is 0.360 e. The number of hydrogen-bond acceptors (Lipinski definition) is 1. The molecule has 0 spiro atoms. The van der Waals surface area contributed by atoms with Crippen molar-refractivity contribution in [2.75, 3.05) is 0 Å². The lowest BCUT2D eigenvalue weighted by Gasteiger charge is -2.15. The molecule has 88 valence electrons. The highest BCUT2D eigenvalue weighted by Crippen LogP contribution is 2.02. The smallest absolute Gasteiger partial charge is 0.166 e. The van der Waals surface area contributed by atoms with E-state index in [9.17, 15) is 0 Å². The normalized spacial score (nSPS) is 11.9. The lowest BCUT2D eigenvalue weighted by Crippen LogP contribution is -2.39. The Hall–Kier alpha value is -1.09. The fraction of sp³-hybridized carbons (Fsp3) is 0.462. The van der Waals surface area contributed by atoms with Crippen molar-refractivity contribution in [2.45, 2.75) is 39.8 Å². The Morgan fingerprint density at radius 3 is 2.50 bits per heavy atom. The van der Waals surface area contributed by atoms with Gasteiger partial charge in [-0.2, -0.15) is 0 Å². The van der Waals surface area contributed by atoms with Crippen molar-refractivity contribution in [2.24, 2.45) is 0 Å². The van der Waals surface area contributed by atoms with Crippen LogP contribution >= 0.6 is 12.2 Å². The minimum absolute atomic E-state index is 0.429. The first kappa shape index (κ1) is 13.0. The molecule has 0 aromatic heterocycles. The molecule has 0 aliphatic rings. The van der Waals surface area contributed by atoms with E-state index in [1.54, 1.807) is 0 Å². The summed E-state index contributed by atoms with van der Waals surface area (Å²) < 4.78 is 0. The fourth-order valence-corrected chi connectivity index (χ4v) is 1.54. The van der Waals surface area contributed by atoms with E-state index in [0.29, 0.717) is 6.04 Å². The van der Waals surface area contributed by atoms with Crippen LogP contribution in [0.5, 0.6) is 0 Å². The summed E-state index contributed by atoms with van der Waals surface area (Å²) in [6, 6.07) is 8.89. The number of rotatable bonds is 4. The number of benzene rings is 1. The molecule has 0 radical (unpaired) electrons. The van der Waals surface area contributed by atoms with Gasteiger partial charge in [0.05, 0.1) is 0 Å². The maximum atomic E-state index is 5.20. The van der Waals surface area contributed by atoms with Gasteiger partial charge in [0.15, 0.2) is 5.11 Å². The molecule has 0 fully saturated rings. The molecule has 16 heavy (non-hydrogen) atoms. The van der Waals surface area contributed by atoms with Crippen LogP contribution in [0.25, 0.3) is 0 Å². The van der Waals surface area contributed by atoms with Gasteiger partial charge in [-0.1, -0.05) is 36.8 Å². The van der Waals surface area contributed by atoms with Crippen LogP contribution in [0, 0.1) is 6.92 Å². The second-order valence-electron chi connectivity index (χ2n) is 4.12. The zero-order valence-electron chi connectivity index (χ0n) is 10.2. The molecule has 1 rings (SSSR count). The van der Waals surface area contributed by atoms with Gasteiger partial charge in [-0.15, -0.1) is 0 Å². The molecule has 0 aliphatic heterocycles. The van der Waals surface area contributed by atoms with Crippen molar-refractivity contribution in [3.05, 3.63) is 35.4 Å². The molecule has 3 heteroatoms. The molecule has 0 aliphatic carbocycles. The summed E-state index contributed by atoms with van der Waals surface area (Å²) in [5, 5.41) is 7.17. The molecular weight excluding hydrogens is 216 g/mol. The van der Waals surface area contributed by atoms with Crippen molar-refractivity contribution in [3.63, 3.8) is 0 Å². The number of thiocarbonyl (C=S) groups is 1. The van der Waals surface area contributed by atoms with Crippen LogP contribution in [-0.4, -0.2) is 11.2 Å². The first-order valence-electron chi connectivity index (χ1n) is 5.71. The highest BCUT2D eigenvalue weighted by molar-refractivity contribution is 7.80. The van der Waals surface area contributed by atoms with Crippen LogP contribution in [0.2, 0.25) is 0 Å². The van der Waals surface area contributed by atoms with Crippen molar-refractivity contribution in [3.8, 4) is 0 Å². The SMILES string of the molecule is CCC(C)NC(=S)NCc1ccc(C)cc1. The molecule has 1 atom stereocenters. The maximum Gasteiger partial charge on any atom is 0.166 e. The summed E-state index contributed by atoms with van der Waals surface area (Å²) in [5.74, 6) is 0. The van der Waals surface area contributed by atoms with E-state index in [2.05, 4.69) is 55.7 Å². The van der Waals surface area contributed by atoms with Crippen LogP contribution in [0.1, 0.15) is 31.4 Å². The van der Waals surface area contributed by atoms with Gasteiger partial charge in [-0.25, -0.2) is 0 Å². The minimum Gasteiger partial charge on any atom is -0.360 e. The fourth-order valence-electron chi connectivity index (χ4n) is 1.27. The van der Waals surface area contributed by atoms with Crippen molar-refractivity contribution >= 4 is 17.3 Å². The number of hydrogen-bond donors (Lipinski definition) is 2. The summed E-state index contributed by atoms with van der Waals surface area (Å²) in [4.78, 5) is 0. The van der Waals surface area contributed by atoms with E-state index < -0.39 is 0 Å². The van der Waals surface area contributed by atoms with E-state index in [1.165, 1.54) is 11.1 Å². The molecule has 0 bridgehead atoms. The summed E-state index contributed by atoms with van der Waals surface area (Å²) in [6.07, 6.45) is 1.08. The van der Waals surface area contributed by atoms with Gasteiger partial charge in [-0.05, 0) is 38.0 Å². The quantitative estimate of drug-likeness (QED) is 0.786. The average molecular weight is 236 g/mol. The molecular formula is C13H20N2S. The molecule has 0 saturated carbocycles. The Morgan fingerprint density at radius 1 is 1.31 bits per heavy atom. The van der Waals surface area contributed by atoms with Crippen molar-refractivity contribution in [1.82, 2.24) is 10.6 Å². The van der Waals surface area contributed by atoms with Gasteiger partial charge < -0.3 is 10.6 Å². The summed E-state index contributed by atoms with van der Waals surface area (Å²) in [7, 11) is 0. The molecule has 0 amide bonds. The van der Waals surface area contributed by atoms with Gasteiger partial charge in [0.25, 0.3) is 0 Å². The van der Waals surface area contributed by atoms with Gasteiger partial charge in [0.1, 0.15) is 0 Å². The molecule has 2 nitrogen and oxygen atoms in total. The van der Waals surface area contributed by atoms with E-state index in [-0.39, 0.29) is 0 Å². The van der Waals surface area contributed by atoms with E-state index in [0.717, 1.165) is 18.1 Å².